The quantitative estimate of drug-likeness (QED) is 0.320. The van der Waals surface area contributed by atoms with E-state index >= 15 is 0 Å². The number of carboxylic acids is 4. The Hall–Kier alpha value is -2.86. The van der Waals surface area contributed by atoms with Crippen LogP contribution in [0.2, 0.25) is 0 Å². The van der Waals surface area contributed by atoms with E-state index in [0.717, 1.165) is 0 Å². The van der Waals surface area contributed by atoms with E-state index in [0.29, 0.717) is 19.3 Å². The highest BCUT2D eigenvalue weighted by Gasteiger charge is 2.23. The van der Waals surface area contributed by atoms with Crippen LogP contribution in [0, 0.1) is 0 Å². The second-order valence-electron chi connectivity index (χ2n) is 5.19. The van der Waals surface area contributed by atoms with Gasteiger partial charge in [-0.15, -0.1) is 0 Å². The number of carbonyl (C=O) groups is 5. The molecule has 0 saturated carbocycles. The summed E-state index contributed by atoms with van der Waals surface area (Å²) >= 11 is 0. The van der Waals surface area contributed by atoms with Gasteiger partial charge >= 0.3 is 23.9 Å². The fourth-order valence-electron chi connectivity index (χ4n) is 1.83. The standard InChI is InChI=1S/C7H11NO5.C7H9NO4.CH4.H2O/c8-4(6(10)11)2-1-3-5(9)7(12)13;9-6(10)4-2-1-3-5(8-4)7(11)12;;/h4H,1-3,8H2,(H,10,11)(H,12,13);4H,1-3H2,(H,9,10)(H,11,12);1H4;1H2. The number of nitrogens with zero attached hydrogens (tertiary/aromatic N) is 1. The van der Waals surface area contributed by atoms with Crippen LogP contribution in [-0.4, -0.2) is 73.4 Å². The van der Waals surface area contributed by atoms with Crippen molar-refractivity contribution in [2.24, 2.45) is 10.7 Å². The van der Waals surface area contributed by atoms with Crippen LogP contribution < -0.4 is 5.73 Å². The topological polar surface area (TPSA) is 236 Å². The van der Waals surface area contributed by atoms with Gasteiger partial charge in [0.25, 0.3) is 0 Å². The minimum Gasteiger partial charge on any atom is -0.480 e. The molecule has 0 aromatic heterocycles. The second-order valence-corrected chi connectivity index (χ2v) is 5.19. The van der Waals surface area contributed by atoms with E-state index < -0.39 is 41.7 Å². The molecule has 12 nitrogen and oxygen atoms in total. The summed E-state index contributed by atoms with van der Waals surface area (Å²) in [7, 11) is 0. The lowest BCUT2D eigenvalue weighted by Gasteiger charge is -2.14. The highest BCUT2D eigenvalue weighted by Crippen LogP contribution is 2.13. The molecule has 0 saturated heterocycles. The van der Waals surface area contributed by atoms with Crippen LogP contribution >= 0.6 is 0 Å². The molecule has 1 rings (SSSR count). The normalized spacial score (nSPS) is 16.0. The average Bonchev–Trinajstić information content (AvgIpc) is 2.54. The summed E-state index contributed by atoms with van der Waals surface area (Å²) in [6.07, 6.45) is 1.51. The molecule has 0 bridgehead atoms. The van der Waals surface area contributed by atoms with Gasteiger partial charge in [-0.25, -0.2) is 14.4 Å². The lowest BCUT2D eigenvalue weighted by Crippen LogP contribution is -2.30. The SMILES string of the molecule is C.NC(CCCC(=O)C(=O)O)C(=O)O.O.O=C(O)C1=NC(C(=O)O)CCC1. The number of carboxylic acid groups (broad SMARTS) is 4. The molecular weight excluding hydrogens is 368 g/mol. The van der Waals surface area contributed by atoms with Crippen LogP contribution in [0.3, 0.4) is 0 Å². The monoisotopic (exact) mass is 394 g/mol. The van der Waals surface area contributed by atoms with Crippen molar-refractivity contribution < 1.29 is 49.9 Å². The fraction of sp³-hybridized carbons (Fsp3) is 0.600. The first-order valence-electron chi connectivity index (χ1n) is 7.33. The summed E-state index contributed by atoms with van der Waals surface area (Å²) in [5.74, 6) is -5.72. The summed E-state index contributed by atoms with van der Waals surface area (Å²) in [6, 6.07) is -1.88. The Morgan fingerprint density at radius 2 is 1.67 bits per heavy atom. The molecule has 0 radical (unpaired) electrons. The lowest BCUT2D eigenvalue weighted by atomic mass is 10.0. The molecule has 0 aromatic carbocycles. The molecule has 2 unspecified atom stereocenters. The van der Waals surface area contributed by atoms with Crippen molar-refractivity contribution in [3.8, 4) is 0 Å². The van der Waals surface area contributed by atoms with Crippen molar-refractivity contribution in [3.05, 3.63) is 0 Å². The van der Waals surface area contributed by atoms with Crippen LogP contribution in [0.15, 0.2) is 4.99 Å². The van der Waals surface area contributed by atoms with Crippen molar-refractivity contribution in [2.45, 2.75) is 58.0 Å². The highest BCUT2D eigenvalue weighted by atomic mass is 16.4. The maximum Gasteiger partial charge on any atom is 0.372 e. The Morgan fingerprint density at radius 1 is 1.11 bits per heavy atom. The summed E-state index contributed by atoms with van der Waals surface area (Å²) in [4.78, 5) is 55.1. The maximum absolute atomic E-state index is 10.5. The molecular formula is C15H26N2O10. The molecule has 0 aromatic rings. The first-order valence-corrected chi connectivity index (χ1v) is 7.33. The van der Waals surface area contributed by atoms with Gasteiger partial charge in [0.15, 0.2) is 0 Å². The molecule has 1 aliphatic heterocycles. The van der Waals surface area contributed by atoms with Crippen molar-refractivity contribution in [1.82, 2.24) is 0 Å². The molecule has 0 amide bonds. The van der Waals surface area contributed by atoms with E-state index in [1.807, 2.05) is 0 Å². The number of nitrogens with two attached hydrogens (primary N) is 1. The number of ketones is 1. The van der Waals surface area contributed by atoms with Gasteiger partial charge in [-0.2, -0.15) is 0 Å². The first-order chi connectivity index (χ1) is 11.6. The third-order valence-corrected chi connectivity index (χ3v) is 3.21. The minimum atomic E-state index is -1.50. The van der Waals surface area contributed by atoms with Crippen LogP contribution in [0.25, 0.3) is 0 Å². The number of hydrogen-bond donors (Lipinski definition) is 5. The van der Waals surface area contributed by atoms with Crippen molar-refractivity contribution in [2.75, 3.05) is 0 Å². The van der Waals surface area contributed by atoms with Gasteiger partial charge in [0.05, 0.1) is 0 Å². The predicted molar refractivity (Wildman–Crippen MR) is 92.8 cm³/mol. The first kappa shape index (κ1) is 28.9. The number of aliphatic carboxylic acids is 4. The minimum absolute atomic E-state index is 0. The molecule has 12 heteroatoms. The largest absolute Gasteiger partial charge is 0.480 e. The average molecular weight is 394 g/mol. The molecule has 2 atom stereocenters. The number of Topliss-reactive ketones (excluding diaryl/α,β-unsaturated/α-hetero) is 1. The van der Waals surface area contributed by atoms with E-state index in [1.54, 1.807) is 0 Å². The van der Waals surface area contributed by atoms with Gasteiger partial charge in [0, 0.05) is 6.42 Å². The van der Waals surface area contributed by atoms with Gasteiger partial charge in [0.1, 0.15) is 17.8 Å². The zero-order chi connectivity index (χ0) is 19.6. The zero-order valence-electron chi connectivity index (χ0n) is 13.8. The van der Waals surface area contributed by atoms with Crippen molar-refractivity contribution in [1.29, 1.82) is 0 Å². The lowest BCUT2D eigenvalue weighted by molar-refractivity contribution is -0.149. The third-order valence-electron chi connectivity index (χ3n) is 3.21. The number of carbonyl (C=O) groups excluding carboxylic acids is 1. The maximum atomic E-state index is 10.5. The number of hydrogen-bond acceptors (Lipinski definition) is 7. The van der Waals surface area contributed by atoms with E-state index in [4.69, 9.17) is 26.2 Å². The molecule has 1 heterocycles. The Bertz CT molecular complexity index is 573. The highest BCUT2D eigenvalue weighted by molar-refractivity contribution is 6.36. The molecule has 0 aliphatic carbocycles. The summed E-state index contributed by atoms with van der Waals surface area (Å²) in [6.45, 7) is 0. The second kappa shape index (κ2) is 14.3. The Labute approximate surface area is 155 Å². The smallest absolute Gasteiger partial charge is 0.372 e. The molecule has 0 fully saturated rings. The van der Waals surface area contributed by atoms with E-state index in [9.17, 15) is 24.0 Å². The molecule has 8 N–H and O–H groups in total. The molecule has 156 valence electrons. The van der Waals surface area contributed by atoms with Crippen molar-refractivity contribution in [3.63, 3.8) is 0 Å². The molecule has 0 spiro atoms. The molecule has 1 aliphatic rings. The Kier molecular flexibility index (Phi) is 15.3. The van der Waals surface area contributed by atoms with E-state index in [1.165, 1.54) is 0 Å². The van der Waals surface area contributed by atoms with Crippen molar-refractivity contribution >= 4 is 35.4 Å². The predicted octanol–water partition coefficient (Wildman–Crippen LogP) is -0.817. The van der Waals surface area contributed by atoms with Crippen LogP contribution in [0.5, 0.6) is 0 Å². The third kappa shape index (κ3) is 12.2. The Balaban J connectivity index is -0.000000398. The van der Waals surface area contributed by atoms with Crippen LogP contribution in [-0.2, 0) is 24.0 Å². The van der Waals surface area contributed by atoms with Gasteiger partial charge in [0.2, 0.25) is 5.78 Å². The van der Waals surface area contributed by atoms with Crippen LogP contribution in [0.1, 0.15) is 46.0 Å². The fourth-order valence-corrected chi connectivity index (χ4v) is 1.83. The van der Waals surface area contributed by atoms with Gasteiger partial charge < -0.3 is 31.6 Å². The number of rotatable bonds is 8. The van der Waals surface area contributed by atoms with Gasteiger partial charge in [-0.05, 0) is 32.1 Å². The van der Waals surface area contributed by atoms with E-state index in [2.05, 4.69) is 4.99 Å². The summed E-state index contributed by atoms with van der Waals surface area (Å²) < 4.78 is 0. The Morgan fingerprint density at radius 3 is 2.07 bits per heavy atom. The van der Waals surface area contributed by atoms with Gasteiger partial charge in [-0.1, -0.05) is 7.43 Å². The summed E-state index contributed by atoms with van der Waals surface area (Å²) in [5, 5.41) is 33.5. The number of aliphatic imine (C=N–C) groups is 1. The molecule has 27 heavy (non-hydrogen) atoms. The zero-order valence-corrected chi connectivity index (χ0v) is 13.8. The van der Waals surface area contributed by atoms with E-state index in [-0.39, 0.29) is 37.9 Å². The van der Waals surface area contributed by atoms with Crippen LogP contribution in [0.4, 0.5) is 0 Å². The summed E-state index contributed by atoms with van der Waals surface area (Å²) in [5.41, 5.74) is 5.10. The van der Waals surface area contributed by atoms with Gasteiger partial charge in [-0.3, -0.25) is 14.6 Å².